The van der Waals surface area contributed by atoms with Gasteiger partial charge in [-0.15, -0.1) is 0 Å². The first-order chi connectivity index (χ1) is 11.4. The molecule has 2 N–H and O–H groups in total. The summed E-state index contributed by atoms with van der Waals surface area (Å²) in [5.41, 5.74) is 1.49. The molecule has 3 aromatic rings. The molecule has 6 nitrogen and oxygen atoms in total. The number of nitrogens with zero attached hydrogens (tertiary/aromatic N) is 1. The number of aromatic amines is 1. The van der Waals surface area contributed by atoms with Gasteiger partial charge in [-0.1, -0.05) is 29.3 Å². The fraction of sp³-hybridized carbons (Fsp3) is 0.0625. The number of halogens is 2. The summed E-state index contributed by atoms with van der Waals surface area (Å²) in [5, 5.41) is 15.0. The Balaban J connectivity index is 1.98. The Morgan fingerprint density at radius 3 is 2.71 bits per heavy atom. The van der Waals surface area contributed by atoms with Crippen LogP contribution in [0, 0.1) is 17.0 Å². The van der Waals surface area contributed by atoms with Crippen LogP contribution in [0.4, 0.5) is 11.4 Å². The zero-order valence-corrected chi connectivity index (χ0v) is 13.9. The topological polar surface area (TPSA) is 88.0 Å². The van der Waals surface area contributed by atoms with Crippen molar-refractivity contribution in [2.24, 2.45) is 0 Å². The molecule has 24 heavy (non-hydrogen) atoms. The van der Waals surface area contributed by atoms with Crippen LogP contribution in [0.25, 0.3) is 10.9 Å². The van der Waals surface area contributed by atoms with Crippen LogP contribution in [0.1, 0.15) is 16.1 Å². The smallest absolute Gasteiger partial charge is 0.274 e. The highest BCUT2D eigenvalue weighted by atomic mass is 35.5. The molecule has 1 aromatic heterocycles. The number of hydrogen-bond donors (Lipinski definition) is 2. The minimum Gasteiger partial charge on any atom is -0.349 e. The maximum absolute atomic E-state index is 12.5. The van der Waals surface area contributed by atoms with Gasteiger partial charge < -0.3 is 10.3 Å². The number of hydrogen-bond acceptors (Lipinski definition) is 3. The molecule has 0 saturated carbocycles. The fourth-order valence-electron chi connectivity index (χ4n) is 2.43. The Kier molecular flexibility index (Phi) is 4.17. The van der Waals surface area contributed by atoms with Crippen molar-refractivity contribution in [3.63, 3.8) is 0 Å². The second-order valence-electron chi connectivity index (χ2n) is 5.16. The Labute approximate surface area is 146 Å². The van der Waals surface area contributed by atoms with Gasteiger partial charge in [0.25, 0.3) is 11.6 Å². The van der Waals surface area contributed by atoms with Crippen molar-refractivity contribution in [2.45, 2.75) is 6.92 Å². The summed E-state index contributed by atoms with van der Waals surface area (Å²) in [5.74, 6) is -0.490. The predicted molar refractivity (Wildman–Crippen MR) is 94.1 cm³/mol. The number of benzene rings is 2. The van der Waals surface area contributed by atoms with Crippen LogP contribution in [0.5, 0.6) is 0 Å². The van der Waals surface area contributed by atoms with Crippen molar-refractivity contribution in [3.8, 4) is 0 Å². The third-order valence-corrected chi connectivity index (χ3v) is 4.30. The first-order valence-corrected chi connectivity index (χ1v) is 7.66. The third kappa shape index (κ3) is 2.81. The number of nitro groups is 1. The van der Waals surface area contributed by atoms with Crippen molar-refractivity contribution in [2.75, 3.05) is 5.32 Å². The second-order valence-corrected chi connectivity index (χ2v) is 5.98. The van der Waals surface area contributed by atoms with E-state index in [2.05, 4.69) is 10.3 Å². The quantitative estimate of drug-likeness (QED) is 0.509. The van der Waals surface area contributed by atoms with Crippen molar-refractivity contribution >= 4 is 51.4 Å². The monoisotopic (exact) mass is 363 g/mol. The van der Waals surface area contributed by atoms with Crippen molar-refractivity contribution in [1.82, 2.24) is 4.98 Å². The van der Waals surface area contributed by atoms with Gasteiger partial charge in [-0.3, -0.25) is 14.9 Å². The number of anilines is 1. The van der Waals surface area contributed by atoms with Crippen molar-refractivity contribution in [3.05, 3.63) is 67.8 Å². The van der Waals surface area contributed by atoms with Gasteiger partial charge in [0.2, 0.25) is 0 Å². The standard InChI is InChI=1S/C16H11Cl2N3O3/c1-8-11(3-2-4-13(8)21(23)24)20-16(22)15-14(18)10-7-9(17)5-6-12(10)19-15/h2-7,19H,1H3,(H,20,22). The number of rotatable bonds is 3. The number of fused-ring (bicyclic) bond motifs is 1. The lowest BCUT2D eigenvalue weighted by molar-refractivity contribution is -0.385. The van der Waals surface area contributed by atoms with Gasteiger partial charge in [-0.2, -0.15) is 0 Å². The minimum absolute atomic E-state index is 0.0673. The summed E-state index contributed by atoms with van der Waals surface area (Å²) in [7, 11) is 0. The molecule has 0 radical (unpaired) electrons. The van der Waals surface area contributed by atoms with E-state index in [4.69, 9.17) is 23.2 Å². The second kappa shape index (κ2) is 6.14. The molecular weight excluding hydrogens is 353 g/mol. The van der Waals surface area contributed by atoms with Crippen LogP contribution >= 0.6 is 23.2 Å². The number of H-pyrrole nitrogens is 1. The average Bonchev–Trinajstić information content (AvgIpc) is 2.86. The van der Waals surface area contributed by atoms with Crippen LogP contribution in [0.15, 0.2) is 36.4 Å². The first kappa shape index (κ1) is 16.3. The van der Waals surface area contributed by atoms with E-state index in [1.165, 1.54) is 12.1 Å². The van der Waals surface area contributed by atoms with E-state index < -0.39 is 10.8 Å². The summed E-state index contributed by atoms with van der Waals surface area (Å²) < 4.78 is 0. The highest BCUT2D eigenvalue weighted by Crippen LogP contribution is 2.31. The van der Waals surface area contributed by atoms with E-state index in [9.17, 15) is 14.9 Å². The molecule has 0 atom stereocenters. The molecule has 2 aromatic carbocycles. The van der Waals surface area contributed by atoms with E-state index in [0.29, 0.717) is 27.2 Å². The first-order valence-electron chi connectivity index (χ1n) is 6.90. The predicted octanol–water partition coefficient (Wildman–Crippen LogP) is 4.94. The number of nitrogens with one attached hydrogen (secondary N) is 2. The molecule has 0 aliphatic carbocycles. The molecule has 0 spiro atoms. The van der Waals surface area contributed by atoms with Gasteiger partial charge in [0, 0.05) is 22.0 Å². The minimum atomic E-state index is -0.497. The summed E-state index contributed by atoms with van der Waals surface area (Å²) >= 11 is 12.2. The molecule has 0 bridgehead atoms. The summed E-state index contributed by atoms with van der Waals surface area (Å²) in [6, 6.07) is 9.54. The van der Waals surface area contributed by atoms with Gasteiger partial charge in [0.05, 0.1) is 21.2 Å². The Hall–Kier alpha value is -2.57. The van der Waals surface area contributed by atoms with Crippen LogP contribution in [-0.2, 0) is 0 Å². The van der Waals surface area contributed by atoms with Crippen LogP contribution in [0.3, 0.4) is 0 Å². The Morgan fingerprint density at radius 1 is 1.25 bits per heavy atom. The Bertz CT molecular complexity index is 982. The number of aromatic nitrogens is 1. The summed E-state index contributed by atoms with van der Waals surface area (Å²) in [6.07, 6.45) is 0. The van der Waals surface area contributed by atoms with Gasteiger partial charge in [-0.25, -0.2) is 0 Å². The lowest BCUT2D eigenvalue weighted by Gasteiger charge is -2.08. The zero-order valence-electron chi connectivity index (χ0n) is 12.4. The zero-order chi connectivity index (χ0) is 17.4. The summed E-state index contributed by atoms with van der Waals surface area (Å²) in [4.78, 5) is 25.9. The summed E-state index contributed by atoms with van der Waals surface area (Å²) in [6.45, 7) is 1.57. The molecule has 0 unspecified atom stereocenters. The van der Waals surface area contributed by atoms with Crippen LogP contribution in [0.2, 0.25) is 10.0 Å². The molecule has 0 aliphatic rings. The molecule has 0 aliphatic heterocycles. The molecule has 3 rings (SSSR count). The maximum Gasteiger partial charge on any atom is 0.274 e. The lowest BCUT2D eigenvalue weighted by Crippen LogP contribution is -2.14. The fourth-order valence-corrected chi connectivity index (χ4v) is 2.89. The molecule has 1 heterocycles. The molecule has 0 fully saturated rings. The molecule has 0 saturated heterocycles. The third-order valence-electron chi connectivity index (χ3n) is 3.67. The molecule has 8 heteroatoms. The maximum atomic E-state index is 12.5. The molecule has 122 valence electrons. The van der Waals surface area contributed by atoms with Crippen LogP contribution < -0.4 is 5.32 Å². The number of amides is 1. The highest BCUT2D eigenvalue weighted by Gasteiger charge is 2.19. The number of carbonyl (C=O) groups excluding carboxylic acids is 1. The van der Waals surface area contributed by atoms with Gasteiger partial charge in [0.1, 0.15) is 5.69 Å². The van der Waals surface area contributed by atoms with E-state index in [0.717, 1.165) is 0 Å². The number of carbonyl (C=O) groups is 1. The largest absolute Gasteiger partial charge is 0.349 e. The lowest BCUT2D eigenvalue weighted by atomic mass is 10.1. The van der Waals surface area contributed by atoms with Crippen LogP contribution in [-0.4, -0.2) is 15.8 Å². The molecular formula is C16H11Cl2N3O3. The van der Waals surface area contributed by atoms with E-state index in [1.54, 1.807) is 31.2 Å². The SMILES string of the molecule is Cc1c(NC(=O)c2[nH]c3ccc(Cl)cc3c2Cl)cccc1[N+](=O)[O-]. The van der Waals surface area contributed by atoms with Crippen molar-refractivity contribution in [1.29, 1.82) is 0 Å². The van der Waals surface area contributed by atoms with Gasteiger partial charge >= 0.3 is 0 Å². The van der Waals surface area contributed by atoms with E-state index >= 15 is 0 Å². The van der Waals surface area contributed by atoms with E-state index in [-0.39, 0.29) is 16.4 Å². The van der Waals surface area contributed by atoms with Gasteiger partial charge in [-0.05, 0) is 31.2 Å². The normalized spacial score (nSPS) is 10.8. The molecule has 1 amide bonds. The van der Waals surface area contributed by atoms with E-state index in [1.807, 2.05) is 0 Å². The van der Waals surface area contributed by atoms with Crippen molar-refractivity contribution < 1.29 is 9.72 Å². The number of nitro benzene ring substituents is 1. The van der Waals surface area contributed by atoms with Gasteiger partial charge in [0.15, 0.2) is 0 Å². The highest BCUT2D eigenvalue weighted by molar-refractivity contribution is 6.40. The average molecular weight is 364 g/mol. The Morgan fingerprint density at radius 2 is 2.00 bits per heavy atom.